The predicted octanol–water partition coefficient (Wildman–Crippen LogP) is 2.53. The van der Waals surface area contributed by atoms with Gasteiger partial charge >= 0.3 is 12.1 Å². The summed E-state index contributed by atoms with van der Waals surface area (Å²) in [4.78, 5) is 35.0. The van der Waals surface area contributed by atoms with Crippen LogP contribution in [0.15, 0.2) is 24.3 Å². The molecule has 1 amide bonds. The van der Waals surface area contributed by atoms with Crippen LogP contribution in [-0.2, 0) is 14.3 Å². The summed E-state index contributed by atoms with van der Waals surface area (Å²) >= 11 is 0. The van der Waals surface area contributed by atoms with E-state index >= 15 is 0 Å². The molecule has 0 N–H and O–H groups in total. The summed E-state index contributed by atoms with van der Waals surface area (Å²) < 4.78 is 15.7. The van der Waals surface area contributed by atoms with Gasteiger partial charge in [0.05, 0.1) is 30.7 Å². The molecule has 0 aromatic heterocycles. The number of piperidine rings is 1. The third-order valence-electron chi connectivity index (χ3n) is 3.92. The summed E-state index contributed by atoms with van der Waals surface area (Å²) in [5, 5.41) is 10.6. The molecule has 26 heavy (non-hydrogen) atoms. The second-order valence-corrected chi connectivity index (χ2v) is 5.73. The maximum absolute atomic E-state index is 12.1. The Labute approximate surface area is 151 Å². The maximum Gasteiger partial charge on any atom is 0.415 e. The van der Waals surface area contributed by atoms with Crippen LogP contribution >= 0.6 is 0 Å². The highest BCUT2D eigenvalue weighted by atomic mass is 16.6. The van der Waals surface area contributed by atoms with E-state index in [0.717, 1.165) is 0 Å². The van der Waals surface area contributed by atoms with Crippen molar-refractivity contribution in [1.82, 2.24) is 4.90 Å². The number of esters is 1. The second kappa shape index (κ2) is 9.71. The molecule has 142 valence electrons. The van der Waals surface area contributed by atoms with Gasteiger partial charge in [0.15, 0.2) is 0 Å². The first-order valence-corrected chi connectivity index (χ1v) is 8.48. The zero-order valence-corrected chi connectivity index (χ0v) is 14.6. The average molecular weight is 366 g/mol. The van der Waals surface area contributed by atoms with Crippen molar-refractivity contribution >= 4 is 17.7 Å². The third-order valence-corrected chi connectivity index (χ3v) is 3.92. The van der Waals surface area contributed by atoms with Crippen LogP contribution in [0, 0.1) is 10.1 Å². The van der Waals surface area contributed by atoms with E-state index in [9.17, 15) is 19.7 Å². The molecule has 9 nitrogen and oxygen atoms in total. The normalized spacial score (nSPS) is 14.7. The van der Waals surface area contributed by atoms with Gasteiger partial charge in [-0.3, -0.25) is 14.9 Å². The van der Waals surface area contributed by atoms with Gasteiger partial charge in [-0.1, -0.05) is 0 Å². The smallest absolute Gasteiger partial charge is 0.415 e. The number of hydrogen-bond acceptors (Lipinski definition) is 7. The molecule has 0 spiro atoms. The van der Waals surface area contributed by atoms with Gasteiger partial charge in [0, 0.05) is 25.2 Å². The first kappa shape index (κ1) is 19.6. The molecule has 2 rings (SSSR count). The fourth-order valence-corrected chi connectivity index (χ4v) is 2.55. The first-order valence-electron chi connectivity index (χ1n) is 8.48. The molecular weight excluding hydrogens is 344 g/mol. The van der Waals surface area contributed by atoms with Crippen molar-refractivity contribution in [2.24, 2.45) is 0 Å². The van der Waals surface area contributed by atoms with Crippen LogP contribution in [0.3, 0.4) is 0 Å². The van der Waals surface area contributed by atoms with Crippen LogP contribution in [0.25, 0.3) is 0 Å². The van der Waals surface area contributed by atoms with Crippen LogP contribution in [0.4, 0.5) is 10.5 Å². The lowest BCUT2D eigenvalue weighted by atomic mass is 10.1. The number of nitro benzene ring substituents is 1. The van der Waals surface area contributed by atoms with Crippen molar-refractivity contribution in [2.75, 3.05) is 26.3 Å². The van der Waals surface area contributed by atoms with Gasteiger partial charge in [-0.05, 0) is 31.9 Å². The predicted molar refractivity (Wildman–Crippen MR) is 90.9 cm³/mol. The van der Waals surface area contributed by atoms with Crippen molar-refractivity contribution < 1.29 is 28.7 Å². The molecule has 1 aliphatic heterocycles. The molecular formula is C17H22N2O7. The first-order chi connectivity index (χ1) is 12.5. The standard InChI is InChI=1S/C17H22N2O7/c1-2-24-16(20)9-12-25-14-7-10-18(11-8-14)17(21)26-15-5-3-13(4-6-15)19(22)23/h3-6,14H,2,7-12H2,1H3. The highest BCUT2D eigenvalue weighted by molar-refractivity contribution is 5.71. The minimum atomic E-state index is -0.516. The number of nitro groups is 1. The largest absolute Gasteiger partial charge is 0.466 e. The van der Waals surface area contributed by atoms with Crippen LogP contribution in [0.1, 0.15) is 26.2 Å². The number of nitrogens with zero attached hydrogens (tertiary/aromatic N) is 2. The zero-order chi connectivity index (χ0) is 18.9. The monoisotopic (exact) mass is 366 g/mol. The maximum atomic E-state index is 12.1. The number of amides is 1. The number of benzene rings is 1. The summed E-state index contributed by atoms with van der Waals surface area (Å²) in [6.45, 7) is 3.38. The molecule has 0 aliphatic carbocycles. The molecule has 0 bridgehead atoms. The molecule has 1 heterocycles. The van der Waals surface area contributed by atoms with Crippen LogP contribution < -0.4 is 4.74 Å². The van der Waals surface area contributed by atoms with Crippen LogP contribution in [0.5, 0.6) is 5.75 Å². The molecule has 1 saturated heterocycles. The zero-order valence-electron chi connectivity index (χ0n) is 14.6. The van der Waals surface area contributed by atoms with Gasteiger partial charge in [0.2, 0.25) is 0 Å². The number of carbonyl (C=O) groups is 2. The molecule has 9 heteroatoms. The molecule has 1 aliphatic rings. The lowest BCUT2D eigenvalue weighted by Gasteiger charge is -2.31. The van der Waals surface area contributed by atoms with E-state index in [-0.39, 0.29) is 29.9 Å². The summed E-state index contributed by atoms with van der Waals surface area (Å²) in [5.41, 5.74) is -0.0643. The number of carbonyl (C=O) groups excluding carboxylic acids is 2. The number of hydrogen-bond donors (Lipinski definition) is 0. The van der Waals surface area contributed by atoms with Gasteiger partial charge in [-0.2, -0.15) is 0 Å². The highest BCUT2D eigenvalue weighted by Gasteiger charge is 2.24. The van der Waals surface area contributed by atoms with Crippen LogP contribution in [0.2, 0.25) is 0 Å². The Morgan fingerprint density at radius 1 is 1.23 bits per heavy atom. The molecule has 1 fully saturated rings. The Bertz CT molecular complexity index is 625. The molecule has 0 saturated carbocycles. The number of likely N-dealkylation sites (tertiary alicyclic amines) is 1. The van der Waals surface area contributed by atoms with E-state index in [1.54, 1.807) is 11.8 Å². The SMILES string of the molecule is CCOC(=O)CCOC1CCN(C(=O)Oc2ccc([N+](=O)[O-])cc2)CC1. The second-order valence-electron chi connectivity index (χ2n) is 5.73. The quantitative estimate of drug-likeness (QED) is 0.414. The van der Waals surface area contributed by atoms with Gasteiger partial charge in [0.25, 0.3) is 5.69 Å². The fourth-order valence-electron chi connectivity index (χ4n) is 2.55. The Hall–Kier alpha value is -2.68. The van der Waals surface area contributed by atoms with Crippen molar-refractivity contribution in [3.8, 4) is 5.75 Å². The number of rotatable bonds is 7. The van der Waals surface area contributed by atoms with Gasteiger partial charge < -0.3 is 19.1 Å². The minimum absolute atomic E-state index is 0.00662. The molecule has 0 unspecified atom stereocenters. The minimum Gasteiger partial charge on any atom is -0.466 e. The summed E-state index contributed by atoms with van der Waals surface area (Å²) in [6.07, 6.45) is 1.02. The highest BCUT2D eigenvalue weighted by Crippen LogP contribution is 2.20. The van der Waals surface area contributed by atoms with Crippen molar-refractivity contribution in [2.45, 2.75) is 32.3 Å². The Kier molecular flexibility index (Phi) is 7.34. The van der Waals surface area contributed by atoms with Crippen LogP contribution in [-0.4, -0.2) is 54.3 Å². The fraction of sp³-hybridized carbons (Fsp3) is 0.529. The number of non-ortho nitro benzene ring substituents is 1. The van der Waals surface area contributed by atoms with Crippen molar-refractivity contribution in [1.29, 1.82) is 0 Å². The Morgan fingerprint density at radius 2 is 1.88 bits per heavy atom. The van der Waals surface area contributed by atoms with Gasteiger partial charge in [-0.15, -0.1) is 0 Å². The van der Waals surface area contributed by atoms with E-state index in [1.165, 1.54) is 24.3 Å². The summed E-state index contributed by atoms with van der Waals surface area (Å²) in [5.74, 6) is -0.0231. The van der Waals surface area contributed by atoms with E-state index in [0.29, 0.717) is 39.1 Å². The van der Waals surface area contributed by atoms with Crippen molar-refractivity contribution in [3.05, 3.63) is 34.4 Å². The average Bonchev–Trinajstić information content (AvgIpc) is 2.63. The molecule has 1 aromatic rings. The number of ether oxygens (including phenoxy) is 3. The Balaban J connectivity index is 1.70. The summed E-state index contributed by atoms with van der Waals surface area (Å²) in [7, 11) is 0. The van der Waals surface area contributed by atoms with E-state index in [4.69, 9.17) is 14.2 Å². The van der Waals surface area contributed by atoms with Crippen molar-refractivity contribution in [3.63, 3.8) is 0 Å². The molecule has 1 aromatic carbocycles. The Morgan fingerprint density at radius 3 is 2.46 bits per heavy atom. The van der Waals surface area contributed by atoms with Gasteiger partial charge in [-0.25, -0.2) is 4.79 Å². The summed E-state index contributed by atoms with van der Waals surface area (Å²) in [6, 6.07) is 5.35. The molecule has 0 radical (unpaired) electrons. The lowest BCUT2D eigenvalue weighted by molar-refractivity contribution is -0.384. The van der Waals surface area contributed by atoms with E-state index < -0.39 is 11.0 Å². The third kappa shape index (κ3) is 5.99. The van der Waals surface area contributed by atoms with E-state index in [2.05, 4.69) is 0 Å². The molecule has 0 atom stereocenters. The van der Waals surface area contributed by atoms with Gasteiger partial charge in [0.1, 0.15) is 5.75 Å². The van der Waals surface area contributed by atoms with E-state index in [1.807, 2.05) is 0 Å². The lowest BCUT2D eigenvalue weighted by Crippen LogP contribution is -2.42. The topological polar surface area (TPSA) is 108 Å².